The lowest BCUT2D eigenvalue weighted by molar-refractivity contribution is 0.0932. The first kappa shape index (κ1) is 19.6. The molecular formula is C24H19FN2O3. The molecule has 1 atom stereocenters. The summed E-state index contributed by atoms with van der Waals surface area (Å²) >= 11 is 0. The van der Waals surface area contributed by atoms with Gasteiger partial charge < -0.3 is 9.47 Å². The molecule has 0 saturated heterocycles. The Balaban J connectivity index is 1.78. The van der Waals surface area contributed by atoms with Crippen LogP contribution in [0.15, 0.2) is 48.5 Å². The number of hydrogen-bond acceptors (Lipinski definition) is 5. The number of aromatic nitrogens is 1. The number of ether oxygens (including phenoxy) is 2. The predicted octanol–water partition coefficient (Wildman–Crippen LogP) is 4.84. The molecular weight excluding hydrogens is 383 g/mol. The number of nitriles is 1. The number of nitrogens with zero attached hydrogens (tertiary/aromatic N) is 2. The minimum absolute atomic E-state index is 0.00933. The van der Waals surface area contributed by atoms with E-state index in [9.17, 15) is 9.18 Å². The molecule has 30 heavy (non-hydrogen) atoms. The molecule has 1 aliphatic rings. The van der Waals surface area contributed by atoms with Gasteiger partial charge in [0.15, 0.2) is 17.3 Å². The van der Waals surface area contributed by atoms with E-state index in [1.54, 1.807) is 24.3 Å². The van der Waals surface area contributed by atoms with Crippen molar-refractivity contribution in [3.05, 3.63) is 88.0 Å². The molecule has 0 N–H and O–H groups in total. The highest BCUT2D eigenvalue weighted by atomic mass is 19.1. The predicted molar refractivity (Wildman–Crippen MR) is 108 cm³/mol. The molecule has 6 heteroatoms. The van der Waals surface area contributed by atoms with Gasteiger partial charge in [0.05, 0.1) is 23.8 Å². The summed E-state index contributed by atoms with van der Waals surface area (Å²) in [7, 11) is 0. The Labute approximate surface area is 173 Å². The van der Waals surface area contributed by atoms with Crippen LogP contribution < -0.4 is 9.47 Å². The van der Waals surface area contributed by atoms with Gasteiger partial charge >= 0.3 is 0 Å². The van der Waals surface area contributed by atoms with Gasteiger partial charge in [-0.2, -0.15) is 5.26 Å². The zero-order valence-electron chi connectivity index (χ0n) is 16.6. The summed E-state index contributed by atoms with van der Waals surface area (Å²) in [6.07, 6.45) is -0.402. The third kappa shape index (κ3) is 3.87. The van der Waals surface area contributed by atoms with E-state index in [1.807, 2.05) is 26.0 Å². The molecule has 1 aliphatic heterocycles. The fourth-order valence-corrected chi connectivity index (χ4v) is 3.56. The highest BCUT2D eigenvalue weighted by molar-refractivity contribution is 5.99. The number of aryl methyl sites for hydroxylation is 2. The van der Waals surface area contributed by atoms with Gasteiger partial charge in [-0.15, -0.1) is 0 Å². The average Bonchev–Trinajstić information content (AvgIpc) is 2.72. The molecule has 3 aromatic rings. The van der Waals surface area contributed by atoms with Crippen LogP contribution in [0.25, 0.3) is 0 Å². The summed E-state index contributed by atoms with van der Waals surface area (Å²) in [6.45, 7) is 4.02. The lowest BCUT2D eigenvalue weighted by atomic mass is 9.99. The number of ketones is 1. The van der Waals surface area contributed by atoms with E-state index in [0.29, 0.717) is 11.3 Å². The van der Waals surface area contributed by atoms with Gasteiger partial charge in [-0.3, -0.25) is 9.78 Å². The van der Waals surface area contributed by atoms with E-state index in [-0.39, 0.29) is 30.1 Å². The number of carbonyl (C=O) groups is 1. The Morgan fingerprint density at radius 1 is 1.10 bits per heavy atom. The second-order valence-electron chi connectivity index (χ2n) is 7.22. The number of carbonyl (C=O) groups excluding carboxylic acids is 1. The maximum atomic E-state index is 14.8. The van der Waals surface area contributed by atoms with Crippen molar-refractivity contribution >= 4 is 5.78 Å². The molecule has 0 spiro atoms. The van der Waals surface area contributed by atoms with Crippen LogP contribution in [0.5, 0.6) is 11.5 Å². The fraction of sp³-hybridized carbons (Fsp3) is 0.208. The number of pyridine rings is 1. The van der Waals surface area contributed by atoms with Crippen LogP contribution in [0, 0.1) is 31.0 Å². The smallest absolute Gasteiger partial charge is 0.170 e. The van der Waals surface area contributed by atoms with Crippen LogP contribution in [-0.4, -0.2) is 17.4 Å². The maximum absolute atomic E-state index is 14.8. The molecule has 150 valence electrons. The topological polar surface area (TPSA) is 72.2 Å². The summed E-state index contributed by atoms with van der Waals surface area (Å²) in [5.74, 6) is -0.465. The van der Waals surface area contributed by atoms with E-state index in [0.717, 1.165) is 22.5 Å². The fourth-order valence-electron chi connectivity index (χ4n) is 3.56. The van der Waals surface area contributed by atoms with Crippen molar-refractivity contribution in [3.8, 4) is 17.6 Å². The number of halogens is 1. The van der Waals surface area contributed by atoms with Gasteiger partial charge in [-0.25, -0.2) is 4.39 Å². The SMILES string of the molecule is Cc1cc(C(Oc2cc3c(cc2F)C(=O)CCO3)c2ccc(C#N)cc2)cc(C)n1. The number of rotatable bonds is 4. The first-order chi connectivity index (χ1) is 14.4. The van der Waals surface area contributed by atoms with Crippen molar-refractivity contribution in [2.24, 2.45) is 0 Å². The first-order valence-electron chi connectivity index (χ1n) is 9.56. The van der Waals surface area contributed by atoms with Crippen molar-refractivity contribution in [2.75, 3.05) is 6.61 Å². The van der Waals surface area contributed by atoms with Crippen molar-refractivity contribution < 1.29 is 18.7 Å². The quantitative estimate of drug-likeness (QED) is 0.624. The Bertz CT molecular complexity index is 1150. The molecule has 0 saturated carbocycles. The Kier molecular flexibility index (Phi) is 5.20. The molecule has 0 radical (unpaired) electrons. The summed E-state index contributed by atoms with van der Waals surface area (Å²) in [4.78, 5) is 16.4. The Hall–Kier alpha value is -3.72. The van der Waals surface area contributed by atoms with E-state index < -0.39 is 11.9 Å². The third-order valence-electron chi connectivity index (χ3n) is 4.92. The highest BCUT2D eigenvalue weighted by Crippen LogP contribution is 2.36. The van der Waals surface area contributed by atoms with Crippen LogP contribution in [0.4, 0.5) is 4.39 Å². The molecule has 0 bridgehead atoms. The molecule has 2 heterocycles. The van der Waals surface area contributed by atoms with Gasteiger partial charge in [-0.1, -0.05) is 12.1 Å². The highest BCUT2D eigenvalue weighted by Gasteiger charge is 2.25. The monoisotopic (exact) mass is 402 g/mol. The molecule has 2 aromatic carbocycles. The summed E-state index contributed by atoms with van der Waals surface area (Å²) in [5, 5.41) is 9.08. The van der Waals surface area contributed by atoms with Crippen LogP contribution in [0.1, 0.15) is 51.0 Å². The van der Waals surface area contributed by atoms with Gasteiger partial charge in [0, 0.05) is 29.4 Å². The van der Waals surface area contributed by atoms with Crippen LogP contribution in [0.2, 0.25) is 0 Å². The zero-order chi connectivity index (χ0) is 21.3. The molecule has 0 fully saturated rings. The summed E-state index contributed by atoms with van der Waals surface area (Å²) in [6, 6.07) is 15.4. The van der Waals surface area contributed by atoms with Gasteiger partial charge in [0.2, 0.25) is 0 Å². The standard InChI is InChI=1S/C24H19FN2O3/c1-14-9-18(10-15(2)27-14)24(17-5-3-16(13-26)4-6-17)30-23-12-22-19(11-20(23)25)21(28)7-8-29-22/h3-6,9-12,24H,7-8H2,1-2H3. The number of fused-ring (bicyclic) bond motifs is 1. The minimum Gasteiger partial charge on any atom is -0.492 e. The van der Waals surface area contributed by atoms with Crippen molar-refractivity contribution in [1.82, 2.24) is 4.98 Å². The number of hydrogen-bond donors (Lipinski definition) is 0. The van der Waals surface area contributed by atoms with Crippen molar-refractivity contribution in [3.63, 3.8) is 0 Å². The van der Waals surface area contributed by atoms with Gasteiger partial charge in [0.1, 0.15) is 11.9 Å². The van der Waals surface area contributed by atoms with Crippen LogP contribution in [-0.2, 0) is 0 Å². The largest absolute Gasteiger partial charge is 0.492 e. The third-order valence-corrected chi connectivity index (χ3v) is 4.92. The van der Waals surface area contributed by atoms with Crippen molar-refractivity contribution in [1.29, 1.82) is 5.26 Å². The minimum atomic E-state index is -0.634. The Morgan fingerprint density at radius 2 is 1.80 bits per heavy atom. The molecule has 0 aliphatic carbocycles. The summed E-state index contributed by atoms with van der Waals surface area (Å²) < 4.78 is 26.5. The van der Waals surface area contributed by atoms with E-state index >= 15 is 0 Å². The molecule has 1 aromatic heterocycles. The molecule has 5 nitrogen and oxygen atoms in total. The molecule has 4 rings (SSSR count). The average molecular weight is 402 g/mol. The zero-order valence-corrected chi connectivity index (χ0v) is 16.6. The van der Waals surface area contributed by atoms with Crippen molar-refractivity contribution in [2.45, 2.75) is 26.4 Å². The van der Waals surface area contributed by atoms with Crippen LogP contribution >= 0.6 is 0 Å². The van der Waals surface area contributed by atoms with E-state index in [4.69, 9.17) is 14.7 Å². The lowest BCUT2D eigenvalue weighted by Crippen LogP contribution is -2.17. The second-order valence-corrected chi connectivity index (χ2v) is 7.22. The molecule has 0 amide bonds. The van der Waals surface area contributed by atoms with Gasteiger partial charge in [-0.05, 0) is 49.7 Å². The number of benzene rings is 2. The van der Waals surface area contributed by atoms with Gasteiger partial charge in [0.25, 0.3) is 0 Å². The summed E-state index contributed by atoms with van der Waals surface area (Å²) in [5.41, 5.74) is 3.94. The molecule has 1 unspecified atom stereocenters. The normalized spacial score (nSPS) is 13.7. The van der Waals surface area contributed by atoms with E-state index in [1.165, 1.54) is 12.1 Å². The second kappa shape index (κ2) is 7.96. The Morgan fingerprint density at radius 3 is 2.47 bits per heavy atom. The lowest BCUT2D eigenvalue weighted by Gasteiger charge is -2.23. The van der Waals surface area contributed by atoms with Crippen LogP contribution in [0.3, 0.4) is 0 Å². The maximum Gasteiger partial charge on any atom is 0.170 e. The van der Waals surface area contributed by atoms with E-state index in [2.05, 4.69) is 11.1 Å². The first-order valence-corrected chi connectivity index (χ1v) is 9.56. The number of Topliss-reactive ketones (excluding diaryl/α,β-unsaturated/α-hetero) is 1.